The highest BCUT2D eigenvalue weighted by Crippen LogP contribution is 2.27. The lowest BCUT2D eigenvalue weighted by atomic mass is 10.1. The predicted molar refractivity (Wildman–Crippen MR) is 93.8 cm³/mol. The second-order valence-corrected chi connectivity index (χ2v) is 8.12. The maximum Gasteiger partial charge on any atom is 0.354 e. The van der Waals surface area contributed by atoms with Gasteiger partial charge in [-0.2, -0.15) is 4.31 Å². The number of nitrogens with zero attached hydrogens (tertiary/aromatic N) is 2. The molecule has 0 N–H and O–H groups in total. The summed E-state index contributed by atoms with van der Waals surface area (Å²) in [5.74, 6) is -0.382. The molecule has 2 heterocycles. The molecule has 0 aliphatic carbocycles. The van der Waals surface area contributed by atoms with Crippen molar-refractivity contribution in [2.75, 3.05) is 13.2 Å². The molecule has 0 atom stereocenters. The average molecular weight is 362 g/mol. The summed E-state index contributed by atoms with van der Waals surface area (Å²) in [6.45, 7) is 4.64. The van der Waals surface area contributed by atoms with Gasteiger partial charge in [-0.25, -0.2) is 13.2 Å². The first kappa shape index (κ1) is 17.7. The van der Waals surface area contributed by atoms with E-state index in [-0.39, 0.29) is 12.5 Å². The first-order chi connectivity index (χ1) is 11.8. The fraction of sp³-hybridized carbons (Fsp3) is 0.389. The molecule has 1 aliphatic heterocycles. The molecule has 3 rings (SSSR count). The Morgan fingerprint density at radius 2 is 1.92 bits per heavy atom. The largest absolute Gasteiger partial charge is 0.461 e. The third kappa shape index (κ3) is 3.21. The van der Waals surface area contributed by atoms with Crippen molar-refractivity contribution in [2.45, 2.75) is 31.7 Å². The molecule has 1 aliphatic rings. The van der Waals surface area contributed by atoms with Gasteiger partial charge in [0.15, 0.2) is 0 Å². The van der Waals surface area contributed by atoms with Crippen molar-refractivity contribution >= 4 is 16.0 Å². The third-order valence-electron chi connectivity index (χ3n) is 4.54. The van der Waals surface area contributed by atoms with Crippen LogP contribution in [0, 0.1) is 6.92 Å². The number of esters is 1. The molecule has 0 amide bonds. The van der Waals surface area contributed by atoms with Crippen LogP contribution < -0.4 is 0 Å². The molecule has 134 valence electrons. The van der Waals surface area contributed by atoms with Crippen molar-refractivity contribution in [3.63, 3.8) is 0 Å². The zero-order valence-corrected chi connectivity index (χ0v) is 15.5. The molecule has 1 aromatic carbocycles. The molecule has 1 aromatic heterocycles. The fourth-order valence-electron chi connectivity index (χ4n) is 3.14. The maximum absolute atomic E-state index is 12.9. The van der Waals surface area contributed by atoms with Crippen molar-refractivity contribution < 1.29 is 17.9 Å². The highest BCUT2D eigenvalue weighted by molar-refractivity contribution is 7.89. The van der Waals surface area contributed by atoms with Crippen molar-refractivity contribution in [2.24, 2.45) is 7.05 Å². The van der Waals surface area contributed by atoms with E-state index < -0.39 is 10.0 Å². The number of hydrogen-bond donors (Lipinski definition) is 0. The smallest absolute Gasteiger partial charge is 0.354 e. The number of ether oxygens (including phenoxy) is 1. The minimum absolute atomic E-state index is 0.263. The Morgan fingerprint density at radius 1 is 1.24 bits per heavy atom. The fourth-order valence-corrected chi connectivity index (χ4v) is 4.56. The van der Waals surface area contributed by atoms with E-state index in [2.05, 4.69) is 0 Å². The Kier molecular flexibility index (Phi) is 4.71. The second-order valence-electron chi connectivity index (χ2n) is 6.18. The van der Waals surface area contributed by atoms with Gasteiger partial charge in [-0.05, 0) is 37.6 Å². The summed E-state index contributed by atoms with van der Waals surface area (Å²) >= 11 is 0. The molecule has 25 heavy (non-hydrogen) atoms. The van der Waals surface area contributed by atoms with Crippen LogP contribution in [0.4, 0.5) is 0 Å². The van der Waals surface area contributed by atoms with Crippen LogP contribution >= 0.6 is 0 Å². The normalized spacial score (nSPS) is 15.0. The quantitative estimate of drug-likeness (QED) is 0.783. The summed E-state index contributed by atoms with van der Waals surface area (Å²) in [4.78, 5) is 12.3. The molecule has 0 saturated heterocycles. The lowest BCUT2D eigenvalue weighted by Gasteiger charge is -2.27. The van der Waals surface area contributed by atoms with Crippen LogP contribution in [0.2, 0.25) is 0 Å². The topological polar surface area (TPSA) is 68.6 Å². The van der Waals surface area contributed by atoms with E-state index in [1.807, 2.05) is 18.5 Å². The Balaban J connectivity index is 1.89. The zero-order chi connectivity index (χ0) is 18.2. The molecule has 0 radical (unpaired) electrons. The van der Waals surface area contributed by atoms with Crippen molar-refractivity contribution in [3.8, 4) is 0 Å². The molecule has 2 aromatic rings. The number of carbonyl (C=O) groups is 1. The number of fused-ring (bicyclic) bond motifs is 1. The van der Waals surface area contributed by atoms with E-state index in [4.69, 9.17) is 4.74 Å². The van der Waals surface area contributed by atoms with E-state index in [1.54, 1.807) is 37.3 Å². The molecule has 0 spiro atoms. The number of benzene rings is 1. The van der Waals surface area contributed by atoms with Gasteiger partial charge in [0.05, 0.1) is 11.5 Å². The lowest BCUT2D eigenvalue weighted by molar-refractivity contribution is 0.0515. The summed E-state index contributed by atoms with van der Waals surface area (Å²) in [7, 11) is -1.73. The number of rotatable bonds is 4. The van der Waals surface area contributed by atoms with E-state index in [0.717, 1.165) is 16.8 Å². The molecule has 0 saturated carbocycles. The van der Waals surface area contributed by atoms with E-state index >= 15 is 0 Å². The van der Waals surface area contributed by atoms with Crippen LogP contribution in [0.15, 0.2) is 35.2 Å². The molecule has 6 nitrogen and oxygen atoms in total. The Bertz CT molecular complexity index is 898. The van der Waals surface area contributed by atoms with Crippen LogP contribution in [-0.4, -0.2) is 36.4 Å². The first-order valence-electron chi connectivity index (χ1n) is 8.26. The van der Waals surface area contributed by atoms with E-state index in [9.17, 15) is 13.2 Å². The summed E-state index contributed by atoms with van der Waals surface area (Å²) < 4.78 is 34.1. The van der Waals surface area contributed by atoms with Crippen LogP contribution in [0.1, 0.15) is 34.2 Å². The molecule has 0 unspecified atom stereocenters. The van der Waals surface area contributed by atoms with Gasteiger partial charge in [-0.15, -0.1) is 0 Å². The summed E-state index contributed by atoms with van der Waals surface area (Å²) in [5, 5.41) is 0. The van der Waals surface area contributed by atoms with Gasteiger partial charge in [-0.3, -0.25) is 0 Å². The van der Waals surface area contributed by atoms with Crippen molar-refractivity contribution in [1.29, 1.82) is 0 Å². The molecule has 0 fully saturated rings. The maximum atomic E-state index is 12.9. The highest BCUT2D eigenvalue weighted by atomic mass is 32.2. The number of hydrogen-bond acceptors (Lipinski definition) is 4. The van der Waals surface area contributed by atoms with Gasteiger partial charge in [0.25, 0.3) is 0 Å². The van der Waals surface area contributed by atoms with Gasteiger partial charge in [-0.1, -0.05) is 17.7 Å². The minimum Gasteiger partial charge on any atom is -0.461 e. The SMILES string of the molecule is CCOC(=O)c1cc2c(n1C)CCN(S(=O)(=O)c1ccc(C)cc1)C2. The van der Waals surface area contributed by atoms with Gasteiger partial charge in [0.1, 0.15) is 5.69 Å². The number of aryl methyl sites for hydroxylation is 1. The Hall–Kier alpha value is -2.12. The van der Waals surface area contributed by atoms with Crippen molar-refractivity contribution in [3.05, 3.63) is 52.8 Å². The van der Waals surface area contributed by atoms with Gasteiger partial charge in [0.2, 0.25) is 10.0 Å². The summed E-state index contributed by atoms with van der Waals surface area (Å²) in [6, 6.07) is 8.60. The standard InChI is InChI=1S/C18H22N2O4S/c1-4-24-18(21)17-11-14-12-20(10-9-16(14)19(17)3)25(22,23)15-7-5-13(2)6-8-15/h5-8,11H,4,9-10,12H2,1-3H3. The van der Waals surface area contributed by atoms with E-state index in [0.29, 0.717) is 30.2 Å². The molecular weight excluding hydrogens is 340 g/mol. The van der Waals surface area contributed by atoms with Crippen LogP contribution in [0.3, 0.4) is 0 Å². The second kappa shape index (κ2) is 6.65. The van der Waals surface area contributed by atoms with Crippen LogP contribution in [0.25, 0.3) is 0 Å². The van der Waals surface area contributed by atoms with Crippen molar-refractivity contribution in [1.82, 2.24) is 8.87 Å². The molecular formula is C18H22N2O4S. The number of aromatic nitrogens is 1. The number of carbonyl (C=O) groups excluding carboxylic acids is 1. The first-order valence-corrected chi connectivity index (χ1v) is 9.70. The van der Waals surface area contributed by atoms with Gasteiger partial charge >= 0.3 is 5.97 Å². The summed E-state index contributed by atoms with van der Waals surface area (Å²) in [6.07, 6.45) is 0.566. The lowest BCUT2D eigenvalue weighted by Crippen LogP contribution is -2.36. The Morgan fingerprint density at radius 3 is 2.56 bits per heavy atom. The molecule has 0 bridgehead atoms. The van der Waals surface area contributed by atoms with E-state index in [1.165, 1.54) is 4.31 Å². The Labute approximate surface area is 148 Å². The summed E-state index contributed by atoms with van der Waals surface area (Å²) in [5.41, 5.74) is 3.31. The van der Waals surface area contributed by atoms with Gasteiger partial charge < -0.3 is 9.30 Å². The monoisotopic (exact) mass is 362 g/mol. The highest BCUT2D eigenvalue weighted by Gasteiger charge is 2.31. The average Bonchev–Trinajstić information content (AvgIpc) is 2.92. The third-order valence-corrected chi connectivity index (χ3v) is 6.40. The number of sulfonamides is 1. The minimum atomic E-state index is -3.55. The van der Waals surface area contributed by atoms with Crippen LogP contribution in [0.5, 0.6) is 0 Å². The van der Waals surface area contributed by atoms with Crippen LogP contribution in [-0.2, 0) is 34.8 Å². The zero-order valence-electron chi connectivity index (χ0n) is 14.7. The molecule has 7 heteroatoms. The van der Waals surface area contributed by atoms with Gasteiger partial charge in [0, 0.05) is 32.3 Å². The predicted octanol–water partition coefficient (Wildman–Crippen LogP) is 2.26.